The van der Waals surface area contributed by atoms with Crippen LogP contribution in [0.1, 0.15) is 19.4 Å². The topological polar surface area (TPSA) is 58.6 Å². The zero-order valence-corrected chi connectivity index (χ0v) is 8.65. The number of benzene rings is 1. The van der Waals surface area contributed by atoms with E-state index < -0.39 is 17.4 Å². The molecule has 2 rings (SSSR count). The van der Waals surface area contributed by atoms with Gasteiger partial charge in [-0.3, -0.25) is 5.32 Å². The Morgan fingerprint density at radius 3 is 2.33 bits per heavy atom. The number of ether oxygens (including phenoxy) is 1. The Morgan fingerprint density at radius 2 is 1.87 bits per heavy atom. The van der Waals surface area contributed by atoms with Gasteiger partial charge in [0.05, 0.1) is 0 Å². The van der Waals surface area contributed by atoms with E-state index in [1.807, 2.05) is 6.07 Å². The van der Waals surface area contributed by atoms with Gasteiger partial charge >= 0.3 is 6.09 Å². The molecule has 0 saturated carbocycles. The minimum Gasteiger partial charge on any atom is -0.438 e. The van der Waals surface area contributed by atoms with E-state index in [2.05, 4.69) is 5.32 Å². The van der Waals surface area contributed by atoms with E-state index in [9.17, 15) is 9.90 Å². The van der Waals surface area contributed by atoms with Crippen molar-refractivity contribution < 1.29 is 14.6 Å². The number of aliphatic hydroxyl groups is 1. The molecule has 1 unspecified atom stereocenters. The maximum Gasteiger partial charge on any atom is 0.410 e. The van der Waals surface area contributed by atoms with Crippen molar-refractivity contribution in [1.82, 2.24) is 5.32 Å². The minimum absolute atomic E-state index is 0.605. The summed E-state index contributed by atoms with van der Waals surface area (Å²) in [6, 6.07) is 8.94. The highest BCUT2D eigenvalue weighted by Gasteiger charge is 2.55. The first-order chi connectivity index (χ1) is 6.96. The summed E-state index contributed by atoms with van der Waals surface area (Å²) in [7, 11) is 0. The lowest BCUT2D eigenvalue weighted by molar-refractivity contribution is -0.101. The van der Waals surface area contributed by atoms with Gasteiger partial charge in [0.1, 0.15) is 0 Å². The van der Waals surface area contributed by atoms with Crippen molar-refractivity contribution in [2.24, 2.45) is 0 Å². The van der Waals surface area contributed by atoms with Crippen molar-refractivity contribution in [3.05, 3.63) is 35.9 Å². The molecule has 1 fully saturated rings. The summed E-state index contributed by atoms with van der Waals surface area (Å²) >= 11 is 0. The first-order valence-corrected chi connectivity index (χ1v) is 4.75. The highest BCUT2D eigenvalue weighted by atomic mass is 16.6. The SMILES string of the molecule is CC1(C)OC(=O)NC1(O)c1ccccc1. The van der Waals surface area contributed by atoms with Gasteiger partial charge in [-0.15, -0.1) is 0 Å². The molecule has 4 heteroatoms. The number of cyclic esters (lactones) is 1. The third-order valence-electron chi connectivity index (χ3n) is 2.69. The van der Waals surface area contributed by atoms with E-state index >= 15 is 0 Å². The van der Waals surface area contributed by atoms with Gasteiger partial charge in [0, 0.05) is 5.56 Å². The van der Waals surface area contributed by atoms with Crippen LogP contribution in [-0.2, 0) is 10.5 Å². The molecule has 0 bridgehead atoms. The predicted octanol–water partition coefficient (Wildman–Crippen LogP) is 1.35. The Morgan fingerprint density at radius 1 is 1.27 bits per heavy atom. The van der Waals surface area contributed by atoms with Crippen LogP contribution in [0.3, 0.4) is 0 Å². The van der Waals surface area contributed by atoms with Crippen molar-refractivity contribution in [2.75, 3.05) is 0 Å². The smallest absolute Gasteiger partial charge is 0.410 e. The lowest BCUT2D eigenvalue weighted by Gasteiger charge is -2.32. The molecule has 1 amide bonds. The molecule has 80 valence electrons. The number of nitrogens with one attached hydrogen (secondary N) is 1. The number of amides is 1. The first kappa shape index (κ1) is 9.98. The van der Waals surface area contributed by atoms with Crippen LogP contribution >= 0.6 is 0 Å². The molecule has 0 radical (unpaired) electrons. The van der Waals surface area contributed by atoms with Crippen molar-refractivity contribution in [2.45, 2.75) is 25.2 Å². The number of carbonyl (C=O) groups is 1. The van der Waals surface area contributed by atoms with E-state index in [1.54, 1.807) is 38.1 Å². The summed E-state index contributed by atoms with van der Waals surface area (Å²) in [5.41, 5.74) is -1.84. The largest absolute Gasteiger partial charge is 0.438 e. The molecule has 0 aliphatic carbocycles. The molecule has 15 heavy (non-hydrogen) atoms. The molecule has 2 N–H and O–H groups in total. The first-order valence-electron chi connectivity index (χ1n) is 4.75. The average Bonchev–Trinajstić information content (AvgIpc) is 2.38. The third-order valence-corrected chi connectivity index (χ3v) is 2.69. The predicted molar refractivity (Wildman–Crippen MR) is 54.0 cm³/mol. The maximum absolute atomic E-state index is 11.2. The monoisotopic (exact) mass is 207 g/mol. The number of carbonyl (C=O) groups excluding carboxylic acids is 1. The quantitative estimate of drug-likeness (QED) is 0.730. The molecule has 0 aromatic heterocycles. The fourth-order valence-electron chi connectivity index (χ4n) is 1.73. The molecule has 1 atom stereocenters. The van der Waals surface area contributed by atoms with Gasteiger partial charge in [-0.05, 0) is 13.8 Å². The molecular weight excluding hydrogens is 194 g/mol. The third kappa shape index (κ3) is 1.37. The van der Waals surface area contributed by atoms with Crippen molar-refractivity contribution >= 4 is 6.09 Å². The molecule has 1 aromatic rings. The molecule has 1 heterocycles. The Bertz CT molecular complexity index is 388. The standard InChI is InChI=1S/C11H13NO3/c1-10(2)11(14,12-9(13)15-10)8-6-4-3-5-7-8/h3-7,14H,1-2H3,(H,12,13). The molecule has 0 spiro atoms. The van der Waals surface area contributed by atoms with Gasteiger partial charge in [0.15, 0.2) is 5.60 Å². The van der Waals surface area contributed by atoms with Crippen LogP contribution in [-0.4, -0.2) is 16.8 Å². The van der Waals surface area contributed by atoms with Crippen LogP contribution in [0, 0.1) is 0 Å². The van der Waals surface area contributed by atoms with Crippen LogP contribution in [0.15, 0.2) is 30.3 Å². The van der Waals surface area contributed by atoms with Gasteiger partial charge in [-0.2, -0.15) is 0 Å². The highest BCUT2D eigenvalue weighted by molar-refractivity contribution is 5.72. The van der Waals surface area contributed by atoms with Gasteiger partial charge in [-0.1, -0.05) is 30.3 Å². The average molecular weight is 207 g/mol. The number of hydrogen-bond donors (Lipinski definition) is 2. The Kier molecular flexibility index (Phi) is 1.98. The van der Waals surface area contributed by atoms with Crippen LogP contribution in [0.25, 0.3) is 0 Å². The normalized spacial score (nSPS) is 28.3. The van der Waals surface area contributed by atoms with Crippen LogP contribution in [0.2, 0.25) is 0 Å². The fraction of sp³-hybridized carbons (Fsp3) is 0.364. The van der Waals surface area contributed by atoms with E-state index in [4.69, 9.17) is 4.74 Å². The molecule has 1 saturated heterocycles. The second kappa shape index (κ2) is 2.97. The molecular formula is C11H13NO3. The van der Waals surface area contributed by atoms with Crippen LogP contribution in [0.5, 0.6) is 0 Å². The number of alkyl carbamates (subject to hydrolysis) is 1. The number of hydrogen-bond acceptors (Lipinski definition) is 3. The van der Waals surface area contributed by atoms with E-state index in [1.165, 1.54) is 0 Å². The van der Waals surface area contributed by atoms with Crippen LogP contribution in [0.4, 0.5) is 4.79 Å². The molecule has 1 aromatic carbocycles. The lowest BCUT2D eigenvalue weighted by atomic mass is 9.88. The number of rotatable bonds is 1. The summed E-state index contributed by atoms with van der Waals surface area (Å²) in [6.45, 7) is 3.33. The van der Waals surface area contributed by atoms with E-state index in [-0.39, 0.29) is 0 Å². The van der Waals surface area contributed by atoms with Gasteiger partial charge in [0.25, 0.3) is 0 Å². The zero-order chi connectivity index (χ0) is 11.1. The van der Waals surface area contributed by atoms with Gasteiger partial charge < -0.3 is 9.84 Å². The van der Waals surface area contributed by atoms with E-state index in [0.717, 1.165) is 0 Å². The molecule has 1 aliphatic rings. The summed E-state index contributed by atoms with van der Waals surface area (Å²) < 4.78 is 5.02. The highest BCUT2D eigenvalue weighted by Crippen LogP contribution is 2.37. The van der Waals surface area contributed by atoms with Crippen molar-refractivity contribution in [3.63, 3.8) is 0 Å². The van der Waals surface area contributed by atoms with Crippen molar-refractivity contribution in [3.8, 4) is 0 Å². The summed E-state index contributed by atoms with van der Waals surface area (Å²) in [5, 5.41) is 12.8. The summed E-state index contributed by atoms with van der Waals surface area (Å²) in [5.74, 6) is 0. The Labute approximate surface area is 87.9 Å². The summed E-state index contributed by atoms with van der Waals surface area (Å²) in [6.07, 6.45) is -0.605. The minimum atomic E-state index is -1.47. The molecule has 4 nitrogen and oxygen atoms in total. The van der Waals surface area contributed by atoms with Crippen LogP contribution < -0.4 is 5.32 Å². The van der Waals surface area contributed by atoms with Gasteiger partial charge in [0.2, 0.25) is 5.72 Å². The lowest BCUT2D eigenvalue weighted by Crippen LogP contribution is -2.50. The van der Waals surface area contributed by atoms with E-state index in [0.29, 0.717) is 5.56 Å². The van der Waals surface area contributed by atoms with Crippen molar-refractivity contribution in [1.29, 1.82) is 0 Å². The maximum atomic E-state index is 11.2. The fourth-order valence-corrected chi connectivity index (χ4v) is 1.73. The molecule has 1 aliphatic heterocycles. The Balaban J connectivity index is 2.47. The summed E-state index contributed by atoms with van der Waals surface area (Å²) in [4.78, 5) is 11.2. The zero-order valence-electron chi connectivity index (χ0n) is 8.65. The second-order valence-corrected chi connectivity index (χ2v) is 4.10. The Hall–Kier alpha value is -1.55. The second-order valence-electron chi connectivity index (χ2n) is 4.10. The van der Waals surface area contributed by atoms with Gasteiger partial charge in [-0.25, -0.2) is 4.79 Å².